The van der Waals surface area contributed by atoms with Crippen molar-refractivity contribution < 1.29 is 4.79 Å². The number of carbonyl (C=O) groups excluding carboxylic acids is 1. The predicted molar refractivity (Wildman–Crippen MR) is 84.6 cm³/mol. The number of nitrogens with one attached hydrogen (secondary N) is 2. The number of benzene rings is 1. The number of urea groups is 1. The maximum absolute atomic E-state index is 10.9. The van der Waals surface area contributed by atoms with Crippen LogP contribution in [0, 0.1) is 0 Å². The summed E-state index contributed by atoms with van der Waals surface area (Å²) in [6, 6.07) is 6.73. The topological polar surface area (TPSA) is 82.8 Å². The van der Waals surface area contributed by atoms with Gasteiger partial charge in [0.1, 0.15) is 0 Å². The van der Waals surface area contributed by atoms with Gasteiger partial charge in [-0.3, -0.25) is 0 Å². The SMILES string of the molecule is NC(=O)N/N=C(\CCN1CCNCC1)c1ccc(Cl)cc1. The number of hydrazone groups is 1. The third-order valence-corrected chi connectivity index (χ3v) is 3.60. The Balaban J connectivity index is 2.02. The number of hydrogen-bond acceptors (Lipinski definition) is 4. The minimum atomic E-state index is -0.663. The molecule has 2 amide bonds. The monoisotopic (exact) mass is 309 g/mol. The standard InChI is InChI=1S/C14H20ClN5O/c15-12-3-1-11(2-4-12)13(18-19-14(16)21)5-8-20-9-6-17-7-10-20/h1-4,17H,5-10H2,(H3,16,19,21)/b18-13+. The van der Waals surface area contributed by atoms with E-state index in [0.717, 1.165) is 50.4 Å². The van der Waals surface area contributed by atoms with Crippen LogP contribution in [0.1, 0.15) is 12.0 Å². The van der Waals surface area contributed by atoms with Crippen molar-refractivity contribution in [1.82, 2.24) is 15.6 Å². The molecule has 0 aromatic heterocycles. The molecule has 0 unspecified atom stereocenters. The Hall–Kier alpha value is -1.63. The van der Waals surface area contributed by atoms with Crippen LogP contribution in [0.4, 0.5) is 4.79 Å². The Bertz CT molecular complexity index is 497. The third kappa shape index (κ3) is 5.34. The van der Waals surface area contributed by atoms with Crippen molar-refractivity contribution in [2.45, 2.75) is 6.42 Å². The van der Waals surface area contributed by atoms with Crippen molar-refractivity contribution in [2.24, 2.45) is 10.8 Å². The zero-order valence-corrected chi connectivity index (χ0v) is 12.6. The molecular formula is C14H20ClN5O. The number of rotatable bonds is 5. The molecule has 0 bridgehead atoms. The lowest BCUT2D eigenvalue weighted by Crippen LogP contribution is -2.44. The van der Waals surface area contributed by atoms with Gasteiger partial charge in [-0.15, -0.1) is 0 Å². The molecular weight excluding hydrogens is 290 g/mol. The van der Waals surface area contributed by atoms with Gasteiger partial charge in [-0.2, -0.15) is 5.10 Å². The van der Waals surface area contributed by atoms with Gasteiger partial charge < -0.3 is 16.0 Å². The van der Waals surface area contributed by atoms with Crippen LogP contribution >= 0.6 is 11.6 Å². The second-order valence-electron chi connectivity index (χ2n) is 4.88. The first-order chi connectivity index (χ1) is 10.1. The van der Waals surface area contributed by atoms with E-state index < -0.39 is 6.03 Å². The van der Waals surface area contributed by atoms with Crippen LogP contribution in [-0.4, -0.2) is 49.4 Å². The van der Waals surface area contributed by atoms with Crippen LogP contribution in [0.15, 0.2) is 29.4 Å². The Morgan fingerprint density at radius 2 is 2.00 bits per heavy atom. The zero-order valence-electron chi connectivity index (χ0n) is 11.8. The first-order valence-corrected chi connectivity index (χ1v) is 7.34. The van der Waals surface area contributed by atoms with Crippen molar-refractivity contribution in [3.05, 3.63) is 34.9 Å². The lowest BCUT2D eigenvalue weighted by Gasteiger charge is -2.27. The number of carbonyl (C=O) groups is 1. The fraction of sp³-hybridized carbons (Fsp3) is 0.429. The van der Waals surface area contributed by atoms with E-state index in [1.54, 1.807) is 0 Å². The van der Waals surface area contributed by atoms with Crippen LogP contribution in [0.2, 0.25) is 5.02 Å². The van der Waals surface area contributed by atoms with E-state index >= 15 is 0 Å². The number of piperazine rings is 1. The molecule has 6 nitrogen and oxygen atoms in total. The fourth-order valence-electron chi connectivity index (χ4n) is 2.23. The molecule has 21 heavy (non-hydrogen) atoms. The number of hydrogen-bond donors (Lipinski definition) is 3. The molecule has 0 aliphatic carbocycles. The molecule has 1 aliphatic heterocycles. The molecule has 1 aromatic rings. The van der Waals surface area contributed by atoms with Gasteiger partial charge in [-0.05, 0) is 17.7 Å². The Morgan fingerprint density at radius 1 is 1.33 bits per heavy atom. The normalized spacial score (nSPS) is 16.7. The lowest BCUT2D eigenvalue weighted by atomic mass is 10.1. The second kappa shape index (κ2) is 7.97. The van der Waals surface area contributed by atoms with Crippen LogP contribution in [-0.2, 0) is 0 Å². The van der Waals surface area contributed by atoms with Gasteiger partial charge in [0.05, 0.1) is 5.71 Å². The number of primary amides is 1. The summed E-state index contributed by atoms with van der Waals surface area (Å²) in [7, 11) is 0. The average Bonchev–Trinajstić information content (AvgIpc) is 2.49. The van der Waals surface area contributed by atoms with E-state index in [0.29, 0.717) is 5.02 Å². The largest absolute Gasteiger partial charge is 0.350 e. The lowest BCUT2D eigenvalue weighted by molar-refractivity contribution is 0.246. The summed E-state index contributed by atoms with van der Waals surface area (Å²) in [4.78, 5) is 13.2. The van der Waals surface area contributed by atoms with Crippen LogP contribution in [0.3, 0.4) is 0 Å². The number of halogens is 1. The Labute approximate surface area is 129 Å². The molecule has 1 saturated heterocycles. The highest BCUT2D eigenvalue weighted by atomic mass is 35.5. The number of nitrogens with two attached hydrogens (primary N) is 1. The second-order valence-corrected chi connectivity index (χ2v) is 5.32. The summed E-state index contributed by atoms with van der Waals surface area (Å²) < 4.78 is 0. The molecule has 0 radical (unpaired) electrons. The summed E-state index contributed by atoms with van der Waals surface area (Å²) in [5, 5.41) is 8.10. The van der Waals surface area contributed by atoms with E-state index in [-0.39, 0.29) is 0 Å². The van der Waals surface area contributed by atoms with Crippen molar-refractivity contribution in [3.8, 4) is 0 Å². The molecule has 4 N–H and O–H groups in total. The summed E-state index contributed by atoms with van der Waals surface area (Å²) in [6.45, 7) is 4.96. The predicted octanol–water partition coefficient (Wildman–Crippen LogP) is 1.01. The first kappa shape index (κ1) is 15.8. The maximum atomic E-state index is 10.9. The smallest absolute Gasteiger partial charge is 0.332 e. The van der Waals surface area contributed by atoms with Crippen LogP contribution in [0.25, 0.3) is 0 Å². The molecule has 1 heterocycles. The van der Waals surface area contributed by atoms with Crippen molar-refractivity contribution in [3.63, 3.8) is 0 Å². The Morgan fingerprint density at radius 3 is 2.62 bits per heavy atom. The van der Waals surface area contributed by atoms with Crippen molar-refractivity contribution in [2.75, 3.05) is 32.7 Å². The quantitative estimate of drug-likeness (QED) is 0.561. The summed E-state index contributed by atoms with van der Waals surface area (Å²) in [5.74, 6) is 0. The summed E-state index contributed by atoms with van der Waals surface area (Å²) in [6.07, 6.45) is 0.738. The van der Waals surface area contributed by atoms with Gasteiger partial charge in [0.25, 0.3) is 0 Å². The van der Waals surface area contributed by atoms with E-state index in [4.69, 9.17) is 17.3 Å². The zero-order chi connectivity index (χ0) is 15.1. The van der Waals surface area contributed by atoms with E-state index in [2.05, 4.69) is 20.7 Å². The third-order valence-electron chi connectivity index (χ3n) is 3.35. The molecule has 1 fully saturated rings. The van der Waals surface area contributed by atoms with Crippen LogP contribution < -0.4 is 16.5 Å². The molecule has 1 aliphatic rings. The van der Waals surface area contributed by atoms with Crippen molar-refractivity contribution in [1.29, 1.82) is 0 Å². The van der Waals surface area contributed by atoms with Gasteiger partial charge in [0, 0.05) is 44.2 Å². The van der Waals surface area contributed by atoms with Crippen molar-refractivity contribution >= 4 is 23.3 Å². The van der Waals surface area contributed by atoms with Gasteiger partial charge in [-0.25, -0.2) is 10.2 Å². The molecule has 0 atom stereocenters. The first-order valence-electron chi connectivity index (χ1n) is 6.96. The number of nitrogens with zero attached hydrogens (tertiary/aromatic N) is 2. The minimum Gasteiger partial charge on any atom is -0.350 e. The molecule has 0 spiro atoms. The maximum Gasteiger partial charge on any atom is 0.332 e. The van der Waals surface area contributed by atoms with E-state index in [1.807, 2.05) is 24.3 Å². The fourth-order valence-corrected chi connectivity index (χ4v) is 2.35. The molecule has 0 saturated carbocycles. The Kier molecular flexibility index (Phi) is 5.98. The van der Waals surface area contributed by atoms with Gasteiger partial charge in [0.2, 0.25) is 0 Å². The van der Waals surface area contributed by atoms with Gasteiger partial charge in [-0.1, -0.05) is 23.7 Å². The molecule has 7 heteroatoms. The highest BCUT2D eigenvalue weighted by Gasteiger charge is 2.12. The highest BCUT2D eigenvalue weighted by molar-refractivity contribution is 6.30. The highest BCUT2D eigenvalue weighted by Crippen LogP contribution is 2.12. The summed E-state index contributed by atoms with van der Waals surface area (Å²) >= 11 is 5.90. The van der Waals surface area contributed by atoms with Gasteiger partial charge in [0.15, 0.2) is 0 Å². The van der Waals surface area contributed by atoms with E-state index in [1.165, 1.54) is 0 Å². The molecule has 1 aromatic carbocycles. The average molecular weight is 310 g/mol. The van der Waals surface area contributed by atoms with Gasteiger partial charge >= 0.3 is 6.03 Å². The number of amides is 2. The van der Waals surface area contributed by atoms with Crippen LogP contribution in [0.5, 0.6) is 0 Å². The molecule has 2 rings (SSSR count). The summed E-state index contributed by atoms with van der Waals surface area (Å²) in [5.41, 5.74) is 9.12. The van der Waals surface area contributed by atoms with E-state index in [9.17, 15) is 4.79 Å². The molecule has 114 valence electrons. The minimum absolute atomic E-state index is 0.663.